The van der Waals surface area contributed by atoms with Gasteiger partial charge in [0, 0.05) is 30.5 Å². The molecule has 0 saturated carbocycles. The molecule has 3 aliphatic rings. The molecule has 2 aromatic rings. The van der Waals surface area contributed by atoms with Crippen LogP contribution in [-0.4, -0.2) is 48.4 Å². The number of carbonyl (C=O) groups is 1. The maximum Gasteiger partial charge on any atom is 0.251 e. The first-order chi connectivity index (χ1) is 14.8. The second kappa shape index (κ2) is 8.59. The van der Waals surface area contributed by atoms with Crippen LogP contribution in [0.25, 0.3) is 0 Å². The minimum absolute atomic E-state index is 0.0578. The molecule has 2 unspecified atom stereocenters. The fourth-order valence-corrected chi connectivity index (χ4v) is 4.44. The summed E-state index contributed by atoms with van der Waals surface area (Å²) in [5.74, 6) is 1.78. The number of piperidine rings is 1. The number of fused-ring (bicyclic) bond motifs is 1. The summed E-state index contributed by atoms with van der Waals surface area (Å²) in [5, 5.41) is 3.09. The zero-order chi connectivity index (χ0) is 20.3. The number of nitrogens with zero attached hydrogens (tertiary/aromatic N) is 2. The second-order valence-electron chi connectivity index (χ2n) is 8.13. The summed E-state index contributed by atoms with van der Waals surface area (Å²) in [6, 6.07) is 9.77. The lowest BCUT2D eigenvalue weighted by molar-refractivity contribution is 0.0914. The van der Waals surface area contributed by atoms with Crippen LogP contribution in [0.2, 0.25) is 0 Å². The molecule has 2 fully saturated rings. The molecule has 2 saturated heterocycles. The zero-order valence-electron chi connectivity index (χ0n) is 16.8. The number of hydrogen-bond acceptors (Lipinski definition) is 7. The maximum atomic E-state index is 12.5. The molecule has 5 rings (SSSR count). The van der Waals surface area contributed by atoms with Crippen molar-refractivity contribution in [2.45, 2.75) is 31.5 Å². The summed E-state index contributed by atoms with van der Waals surface area (Å²) in [5.41, 5.74) is 8.73. The summed E-state index contributed by atoms with van der Waals surface area (Å²) in [6.07, 6.45) is 7.23. The van der Waals surface area contributed by atoms with Gasteiger partial charge in [0.1, 0.15) is 0 Å². The summed E-state index contributed by atoms with van der Waals surface area (Å²) >= 11 is 0. The number of nitrogens with one attached hydrogen (secondary N) is 3. The van der Waals surface area contributed by atoms with E-state index in [9.17, 15) is 4.79 Å². The number of carbonyl (C=O) groups excluding carboxylic acids is 1. The van der Waals surface area contributed by atoms with E-state index in [1.165, 1.54) is 5.56 Å². The summed E-state index contributed by atoms with van der Waals surface area (Å²) in [6.45, 7) is 2.99. The highest BCUT2D eigenvalue weighted by molar-refractivity contribution is 5.94. The molecule has 0 spiro atoms. The third-order valence-corrected chi connectivity index (χ3v) is 6.27. The van der Waals surface area contributed by atoms with Gasteiger partial charge in [0.2, 0.25) is 6.79 Å². The van der Waals surface area contributed by atoms with Crippen molar-refractivity contribution in [3.8, 4) is 11.5 Å². The van der Waals surface area contributed by atoms with Gasteiger partial charge < -0.3 is 14.8 Å². The molecule has 1 aromatic carbocycles. The van der Waals surface area contributed by atoms with E-state index in [0.717, 1.165) is 32.4 Å². The first kappa shape index (κ1) is 19.3. The molecular formula is C22H27N5O3. The van der Waals surface area contributed by atoms with Crippen LogP contribution in [0, 0.1) is 5.92 Å². The number of ether oxygens (including phenoxy) is 2. The molecule has 8 heteroatoms. The molecule has 1 amide bonds. The minimum Gasteiger partial charge on any atom is -0.454 e. The number of likely N-dealkylation sites (tertiary alicyclic amines) is 1. The van der Waals surface area contributed by atoms with Crippen molar-refractivity contribution in [3.63, 3.8) is 0 Å². The summed E-state index contributed by atoms with van der Waals surface area (Å²) < 4.78 is 10.7. The molecule has 0 radical (unpaired) electrons. The number of amides is 1. The van der Waals surface area contributed by atoms with E-state index in [1.54, 1.807) is 18.2 Å². The number of hydrogen-bond donors (Lipinski definition) is 3. The maximum absolute atomic E-state index is 12.5. The van der Waals surface area contributed by atoms with Crippen molar-refractivity contribution < 1.29 is 14.3 Å². The molecule has 0 bridgehead atoms. The molecule has 1 aromatic heterocycles. The average molecular weight is 409 g/mol. The Morgan fingerprint density at radius 2 is 1.90 bits per heavy atom. The number of rotatable bonds is 5. The van der Waals surface area contributed by atoms with Crippen molar-refractivity contribution >= 4 is 5.91 Å². The van der Waals surface area contributed by atoms with Gasteiger partial charge in [0.05, 0.1) is 6.17 Å². The second-order valence-corrected chi connectivity index (χ2v) is 8.13. The first-order valence-electron chi connectivity index (χ1n) is 10.6. The zero-order valence-corrected chi connectivity index (χ0v) is 16.8. The highest BCUT2D eigenvalue weighted by Gasteiger charge is 2.32. The number of pyridine rings is 1. The van der Waals surface area contributed by atoms with Gasteiger partial charge in [-0.2, -0.15) is 0 Å². The Kier molecular flexibility index (Phi) is 5.52. The van der Waals surface area contributed by atoms with E-state index in [1.807, 2.05) is 12.4 Å². The van der Waals surface area contributed by atoms with Gasteiger partial charge in [-0.15, -0.1) is 0 Å². The van der Waals surface area contributed by atoms with Crippen LogP contribution in [0.3, 0.4) is 0 Å². The molecule has 3 aliphatic heterocycles. The van der Waals surface area contributed by atoms with Crippen molar-refractivity contribution in [1.82, 2.24) is 26.1 Å². The van der Waals surface area contributed by atoms with Gasteiger partial charge in [-0.05, 0) is 74.2 Å². The quantitative estimate of drug-likeness (QED) is 0.694. The van der Waals surface area contributed by atoms with Gasteiger partial charge in [0.25, 0.3) is 5.91 Å². The molecule has 30 heavy (non-hydrogen) atoms. The lowest BCUT2D eigenvalue weighted by Gasteiger charge is -2.35. The monoisotopic (exact) mass is 409 g/mol. The van der Waals surface area contributed by atoms with Gasteiger partial charge in [-0.3, -0.25) is 14.7 Å². The van der Waals surface area contributed by atoms with E-state index in [4.69, 9.17) is 9.47 Å². The molecular weight excluding hydrogens is 382 g/mol. The van der Waals surface area contributed by atoms with E-state index in [2.05, 4.69) is 38.2 Å². The van der Waals surface area contributed by atoms with Crippen molar-refractivity contribution in [3.05, 3.63) is 53.9 Å². The summed E-state index contributed by atoms with van der Waals surface area (Å²) in [7, 11) is 0. The Bertz CT molecular complexity index is 886. The largest absolute Gasteiger partial charge is 0.454 e. The van der Waals surface area contributed by atoms with Crippen LogP contribution >= 0.6 is 0 Å². The predicted octanol–water partition coefficient (Wildman–Crippen LogP) is 1.82. The molecule has 2 atom stereocenters. The van der Waals surface area contributed by atoms with E-state index in [-0.39, 0.29) is 12.7 Å². The third kappa shape index (κ3) is 4.12. The topological polar surface area (TPSA) is 87.8 Å². The van der Waals surface area contributed by atoms with Crippen LogP contribution < -0.4 is 25.6 Å². The Morgan fingerprint density at radius 1 is 1.10 bits per heavy atom. The Hall–Kier alpha value is -2.68. The van der Waals surface area contributed by atoms with Crippen LogP contribution in [0.5, 0.6) is 11.5 Å². The van der Waals surface area contributed by atoms with E-state index < -0.39 is 0 Å². The predicted molar refractivity (Wildman–Crippen MR) is 111 cm³/mol. The van der Waals surface area contributed by atoms with Gasteiger partial charge >= 0.3 is 0 Å². The lowest BCUT2D eigenvalue weighted by atomic mass is 9.95. The highest BCUT2D eigenvalue weighted by atomic mass is 16.7. The van der Waals surface area contributed by atoms with Crippen LogP contribution in [0.15, 0.2) is 42.7 Å². The van der Waals surface area contributed by atoms with Crippen LogP contribution in [0.4, 0.5) is 0 Å². The minimum atomic E-state index is -0.0578. The Morgan fingerprint density at radius 3 is 2.73 bits per heavy atom. The fraction of sp³-hybridized carbons (Fsp3) is 0.455. The van der Waals surface area contributed by atoms with Crippen molar-refractivity contribution in [2.75, 3.05) is 26.4 Å². The van der Waals surface area contributed by atoms with E-state index in [0.29, 0.717) is 41.7 Å². The molecule has 0 aliphatic carbocycles. The standard InChI is InChI=1S/C22H27N5O3/c28-22(17-1-2-19-20(11-17)30-14-29-19)24-13-15-5-9-27(10-6-15)21-12-18(25-26-21)16-3-7-23-8-4-16/h1-4,7-8,11,15,18,21,25-26H,5-6,9-10,12-14H2,(H,24,28). The number of hydrazine groups is 1. The molecule has 158 valence electrons. The van der Waals surface area contributed by atoms with Gasteiger partial charge in [0.15, 0.2) is 11.5 Å². The number of benzene rings is 1. The van der Waals surface area contributed by atoms with Crippen molar-refractivity contribution in [1.29, 1.82) is 0 Å². The third-order valence-electron chi connectivity index (χ3n) is 6.27. The SMILES string of the molecule is O=C(NCC1CCN(C2CC(c3ccncc3)NN2)CC1)c1ccc2c(c1)OCO2. The smallest absolute Gasteiger partial charge is 0.251 e. The summed E-state index contributed by atoms with van der Waals surface area (Å²) in [4.78, 5) is 19.1. The fourth-order valence-electron chi connectivity index (χ4n) is 4.44. The number of aromatic nitrogens is 1. The Labute approximate surface area is 175 Å². The molecule has 4 heterocycles. The normalized spacial score (nSPS) is 24.1. The van der Waals surface area contributed by atoms with Crippen LogP contribution in [-0.2, 0) is 0 Å². The molecule has 8 nitrogen and oxygen atoms in total. The molecule has 3 N–H and O–H groups in total. The highest BCUT2D eigenvalue weighted by Crippen LogP contribution is 2.32. The van der Waals surface area contributed by atoms with Crippen molar-refractivity contribution in [2.24, 2.45) is 5.92 Å². The van der Waals surface area contributed by atoms with Crippen LogP contribution in [0.1, 0.15) is 41.2 Å². The average Bonchev–Trinajstić information content (AvgIpc) is 3.48. The Balaban J connectivity index is 1.07. The first-order valence-corrected chi connectivity index (χ1v) is 10.6. The van der Waals surface area contributed by atoms with Gasteiger partial charge in [-0.1, -0.05) is 0 Å². The van der Waals surface area contributed by atoms with E-state index >= 15 is 0 Å². The van der Waals surface area contributed by atoms with Gasteiger partial charge in [-0.25, -0.2) is 10.9 Å². The lowest BCUT2D eigenvalue weighted by Crippen LogP contribution is -2.49.